The minimum absolute atomic E-state index is 0.754. The summed E-state index contributed by atoms with van der Waals surface area (Å²) in [6.45, 7) is 8.44. The summed E-state index contributed by atoms with van der Waals surface area (Å²) in [7, 11) is 0. The van der Waals surface area contributed by atoms with Gasteiger partial charge in [0.15, 0.2) is 0 Å². The molecule has 2 aliphatic rings. The van der Waals surface area contributed by atoms with Crippen molar-refractivity contribution in [2.24, 2.45) is 5.92 Å². The number of piperazine rings is 1. The number of thioether (sulfide) groups is 1. The molecule has 0 aromatic heterocycles. The van der Waals surface area contributed by atoms with Crippen LogP contribution in [0.25, 0.3) is 0 Å². The van der Waals surface area contributed by atoms with Crippen LogP contribution in [-0.2, 0) is 0 Å². The molecule has 18 heavy (non-hydrogen) atoms. The van der Waals surface area contributed by atoms with Gasteiger partial charge in [0, 0.05) is 25.2 Å². The highest BCUT2D eigenvalue weighted by atomic mass is 32.2. The Morgan fingerprint density at radius 3 is 2.78 bits per heavy atom. The van der Waals surface area contributed by atoms with Crippen LogP contribution in [0.4, 0.5) is 0 Å². The molecule has 1 saturated carbocycles. The first-order valence-electron chi connectivity index (χ1n) is 7.90. The van der Waals surface area contributed by atoms with E-state index in [4.69, 9.17) is 0 Å². The average Bonchev–Trinajstić information content (AvgIpc) is 3.20. The largest absolute Gasteiger partial charge is 0.311 e. The van der Waals surface area contributed by atoms with E-state index in [2.05, 4.69) is 35.8 Å². The third-order valence-electron chi connectivity index (χ3n) is 4.28. The van der Waals surface area contributed by atoms with Crippen LogP contribution in [0.3, 0.4) is 0 Å². The molecule has 1 aliphatic heterocycles. The molecule has 2 atom stereocenters. The van der Waals surface area contributed by atoms with E-state index in [9.17, 15) is 0 Å². The topological polar surface area (TPSA) is 15.3 Å². The normalized spacial score (nSPS) is 29.7. The number of rotatable bonds is 8. The van der Waals surface area contributed by atoms with E-state index in [0.29, 0.717) is 0 Å². The lowest BCUT2D eigenvalue weighted by Crippen LogP contribution is -2.57. The fourth-order valence-electron chi connectivity index (χ4n) is 3.16. The zero-order chi connectivity index (χ0) is 12.8. The van der Waals surface area contributed by atoms with Crippen molar-refractivity contribution in [2.45, 2.75) is 58.0 Å². The average molecular weight is 270 g/mol. The molecule has 0 radical (unpaired) electrons. The van der Waals surface area contributed by atoms with Crippen molar-refractivity contribution >= 4 is 11.8 Å². The van der Waals surface area contributed by atoms with Crippen LogP contribution in [0.15, 0.2) is 0 Å². The van der Waals surface area contributed by atoms with Crippen molar-refractivity contribution in [3.05, 3.63) is 0 Å². The first-order chi connectivity index (χ1) is 8.85. The Bertz CT molecular complexity index is 231. The van der Waals surface area contributed by atoms with Crippen LogP contribution in [0, 0.1) is 5.92 Å². The van der Waals surface area contributed by atoms with Gasteiger partial charge in [-0.15, -0.1) is 0 Å². The molecule has 2 fully saturated rings. The minimum atomic E-state index is 0.754. The molecule has 0 amide bonds. The van der Waals surface area contributed by atoms with Gasteiger partial charge in [0.1, 0.15) is 0 Å². The first-order valence-corrected chi connectivity index (χ1v) is 9.05. The fourth-order valence-corrected chi connectivity index (χ4v) is 3.78. The zero-order valence-electron chi connectivity index (χ0n) is 12.2. The monoisotopic (exact) mass is 270 g/mol. The molecule has 0 bridgehead atoms. The van der Waals surface area contributed by atoms with E-state index in [-0.39, 0.29) is 0 Å². The fraction of sp³-hybridized carbons (Fsp3) is 1.00. The Morgan fingerprint density at radius 2 is 2.11 bits per heavy atom. The second kappa shape index (κ2) is 7.76. The molecule has 2 unspecified atom stereocenters. The predicted molar refractivity (Wildman–Crippen MR) is 82.4 cm³/mol. The van der Waals surface area contributed by atoms with Gasteiger partial charge in [0.05, 0.1) is 0 Å². The van der Waals surface area contributed by atoms with Gasteiger partial charge in [-0.05, 0) is 49.7 Å². The summed E-state index contributed by atoms with van der Waals surface area (Å²) in [6.07, 6.45) is 6.99. The van der Waals surface area contributed by atoms with E-state index < -0.39 is 0 Å². The van der Waals surface area contributed by atoms with Crippen molar-refractivity contribution in [1.29, 1.82) is 0 Å². The third-order valence-corrected chi connectivity index (χ3v) is 5.27. The van der Waals surface area contributed by atoms with Gasteiger partial charge in [-0.25, -0.2) is 0 Å². The number of hydrogen-bond donors (Lipinski definition) is 1. The number of nitrogens with one attached hydrogen (secondary N) is 1. The maximum Gasteiger partial charge on any atom is 0.0249 e. The SMILES string of the molecule is CCCC1CN(CCCSCC)C(C2CC2)CN1. The lowest BCUT2D eigenvalue weighted by Gasteiger charge is -2.41. The molecule has 0 aromatic rings. The first kappa shape index (κ1) is 14.7. The van der Waals surface area contributed by atoms with Gasteiger partial charge >= 0.3 is 0 Å². The second-order valence-electron chi connectivity index (χ2n) is 5.84. The van der Waals surface area contributed by atoms with Crippen LogP contribution in [0.2, 0.25) is 0 Å². The van der Waals surface area contributed by atoms with Crippen molar-refractivity contribution in [3.8, 4) is 0 Å². The van der Waals surface area contributed by atoms with Gasteiger partial charge in [-0.1, -0.05) is 20.3 Å². The maximum atomic E-state index is 3.78. The Hall–Kier alpha value is 0.270. The summed E-state index contributed by atoms with van der Waals surface area (Å²) >= 11 is 2.09. The van der Waals surface area contributed by atoms with Crippen LogP contribution in [0.1, 0.15) is 46.0 Å². The molecule has 1 heterocycles. The molecular formula is C15H30N2S. The molecular weight excluding hydrogens is 240 g/mol. The van der Waals surface area contributed by atoms with E-state index in [0.717, 1.165) is 18.0 Å². The molecule has 2 rings (SSSR count). The van der Waals surface area contributed by atoms with E-state index >= 15 is 0 Å². The lowest BCUT2D eigenvalue weighted by atomic mass is 10.0. The minimum Gasteiger partial charge on any atom is -0.311 e. The predicted octanol–water partition coefficient (Wildman–Crippen LogP) is 2.98. The molecule has 0 spiro atoms. The summed E-state index contributed by atoms with van der Waals surface area (Å²) in [4.78, 5) is 2.81. The van der Waals surface area contributed by atoms with Crippen LogP contribution >= 0.6 is 11.8 Å². The number of hydrogen-bond acceptors (Lipinski definition) is 3. The van der Waals surface area contributed by atoms with Crippen LogP contribution in [0.5, 0.6) is 0 Å². The summed E-state index contributed by atoms with van der Waals surface area (Å²) in [5, 5.41) is 3.78. The third kappa shape index (κ3) is 4.43. The second-order valence-corrected chi connectivity index (χ2v) is 7.24. The quantitative estimate of drug-likeness (QED) is 0.683. The molecule has 1 aliphatic carbocycles. The van der Waals surface area contributed by atoms with E-state index in [1.54, 1.807) is 0 Å². The zero-order valence-corrected chi connectivity index (χ0v) is 13.0. The van der Waals surface area contributed by atoms with Gasteiger partial charge in [0.2, 0.25) is 0 Å². The maximum absolute atomic E-state index is 3.78. The van der Waals surface area contributed by atoms with Gasteiger partial charge < -0.3 is 5.32 Å². The van der Waals surface area contributed by atoms with Gasteiger partial charge in [-0.2, -0.15) is 11.8 Å². The Kier molecular flexibility index (Phi) is 6.33. The van der Waals surface area contributed by atoms with Crippen molar-refractivity contribution in [3.63, 3.8) is 0 Å². The summed E-state index contributed by atoms with van der Waals surface area (Å²) in [5.41, 5.74) is 0. The van der Waals surface area contributed by atoms with E-state index in [1.165, 1.54) is 63.2 Å². The summed E-state index contributed by atoms with van der Waals surface area (Å²) in [6, 6.07) is 1.61. The molecule has 3 heteroatoms. The molecule has 106 valence electrons. The molecule has 0 aromatic carbocycles. The number of nitrogens with zero attached hydrogens (tertiary/aromatic N) is 1. The van der Waals surface area contributed by atoms with E-state index in [1.807, 2.05) is 0 Å². The van der Waals surface area contributed by atoms with Gasteiger partial charge in [-0.3, -0.25) is 4.90 Å². The molecule has 1 N–H and O–H groups in total. The highest BCUT2D eigenvalue weighted by Crippen LogP contribution is 2.36. The Morgan fingerprint density at radius 1 is 1.28 bits per heavy atom. The summed E-state index contributed by atoms with van der Waals surface area (Å²) in [5.74, 6) is 3.63. The van der Waals surface area contributed by atoms with Crippen LogP contribution < -0.4 is 5.32 Å². The molecule has 2 nitrogen and oxygen atoms in total. The smallest absolute Gasteiger partial charge is 0.0249 e. The lowest BCUT2D eigenvalue weighted by molar-refractivity contribution is 0.112. The van der Waals surface area contributed by atoms with Crippen molar-refractivity contribution < 1.29 is 0 Å². The van der Waals surface area contributed by atoms with Crippen molar-refractivity contribution in [1.82, 2.24) is 10.2 Å². The van der Waals surface area contributed by atoms with Crippen molar-refractivity contribution in [2.75, 3.05) is 31.1 Å². The highest BCUT2D eigenvalue weighted by molar-refractivity contribution is 7.99. The Labute approximate surface area is 117 Å². The Balaban J connectivity index is 1.76. The molecule has 1 saturated heterocycles. The highest BCUT2D eigenvalue weighted by Gasteiger charge is 2.38. The summed E-state index contributed by atoms with van der Waals surface area (Å²) < 4.78 is 0. The standard InChI is InChI=1S/C15H30N2S/c1-3-6-14-12-17(9-5-10-18-4-2)15(11-16-14)13-7-8-13/h13-16H,3-12H2,1-2H3. The van der Waals surface area contributed by atoms with Crippen LogP contribution in [-0.4, -0.2) is 48.1 Å². The van der Waals surface area contributed by atoms with Gasteiger partial charge in [0.25, 0.3) is 0 Å².